The van der Waals surface area contributed by atoms with E-state index in [0.717, 1.165) is 38.5 Å². The predicted octanol–water partition coefficient (Wildman–Crippen LogP) is 3.07. The Morgan fingerprint density at radius 2 is 2.00 bits per heavy atom. The minimum Gasteiger partial charge on any atom is -0.469 e. The van der Waals surface area contributed by atoms with Crippen LogP contribution >= 0.6 is 0 Å². The first kappa shape index (κ1) is 14.6. The lowest BCUT2D eigenvalue weighted by atomic mass is 9.46. The molecule has 2 fully saturated rings. The first-order valence-electron chi connectivity index (χ1n) is 7.28. The molecule has 0 amide bonds. The molecule has 0 radical (unpaired) electrons. The topological polar surface area (TPSA) is 46.5 Å². The number of esters is 1. The molecule has 4 atom stereocenters. The second kappa shape index (κ2) is 4.62. The Morgan fingerprint density at radius 1 is 1.32 bits per heavy atom. The van der Waals surface area contributed by atoms with Gasteiger partial charge in [0.05, 0.1) is 18.1 Å². The number of hydrogen-bond acceptors (Lipinski definition) is 3. The van der Waals surface area contributed by atoms with Crippen LogP contribution in [0.1, 0.15) is 52.4 Å². The van der Waals surface area contributed by atoms with Crippen LogP contribution in [0.3, 0.4) is 0 Å². The van der Waals surface area contributed by atoms with Gasteiger partial charge in [0.1, 0.15) is 0 Å². The van der Waals surface area contributed by atoms with Gasteiger partial charge in [-0.15, -0.1) is 6.58 Å². The fourth-order valence-corrected chi connectivity index (χ4v) is 4.70. The van der Waals surface area contributed by atoms with Gasteiger partial charge in [0.15, 0.2) is 0 Å². The number of carbonyl (C=O) groups excluding carboxylic acids is 1. The maximum atomic E-state index is 12.3. The highest BCUT2D eigenvalue weighted by atomic mass is 16.5. The number of carbonyl (C=O) groups is 1. The van der Waals surface area contributed by atoms with Crippen molar-refractivity contribution in [2.24, 2.45) is 16.7 Å². The summed E-state index contributed by atoms with van der Waals surface area (Å²) >= 11 is 0. The summed E-state index contributed by atoms with van der Waals surface area (Å²) in [5.74, 6) is 0.0367. The van der Waals surface area contributed by atoms with Gasteiger partial charge in [-0.3, -0.25) is 4.79 Å². The molecule has 2 aliphatic rings. The van der Waals surface area contributed by atoms with Crippen molar-refractivity contribution in [3.63, 3.8) is 0 Å². The van der Waals surface area contributed by atoms with E-state index in [2.05, 4.69) is 13.5 Å². The van der Waals surface area contributed by atoms with Crippen LogP contribution in [0.5, 0.6) is 0 Å². The van der Waals surface area contributed by atoms with Gasteiger partial charge in [-0.1, -0.05) is 19.4 Å². The first-order valence-corrected chi connectivity index (χ1v) is 7.28. The van der Waals surface area contributed by atoms with Gasteiger partial charge < -0.3 is 9.84 Å². The molecule has 0 aromatic carbocycles. The standard InChI is InChI=1S/C16H26O3/c1-5-16(18)11-6-8-12-14(2,13(17)19-4)9-7-10-15(12,16)3/h5,12,18H,1,6-11H2,2-4H3/t12?,14-,15-,16?/m1/s1. The molecule has 3 heteroatoms. The van der Waals surface area contributed by atoms with Crippen LogP contribution in [0.4, 0.5) is 0 Å². The van der Waals surface area contributed by atoms with Crippen molar-refractivity contribution in [3.05, 3.63) is 12.7 Å². The van der Waals surface area contributed by atoms with Crippen molar-refractivity contribution in [3.8, 4) is 0 Å². The van der Waals surface area contributed by atoms with Gasteiger partial charge in [0, 0.05) is 5.41 Å². The Labute approximate surface area is 116 Å². The van der Waals surface area contributed by atoms with Crippen molar-refractivity contribution >= 4 is 5.97 Å². The van der Waals surface area contributed by atoms with E-state index in [4.69, 9.17) is 4.74 Å². The van der Waals surface area contributed by atoms with E-state index < -0.39 is 11.0 Å². The summed E-state index contributed by atoms with van der Waals surface area (Å²) in [4.78, 5) is 12.3. The monoisotopic (exact) mass is 266 g/mol. The fourth-order valence-electron chi connectivity index (χ4n) is 4.70. The molecule has 1 N–H and O–H groups in total. The molecule has 2 saturated carbocycles. The van der Waals surface area contributed by atoms with Gasteiger partial charge in [-0.25, -0.2) is 0 Å². The van der Waals surface area contributed by atoms with Gasteiger partial charge in [0.2, 0.25) is 0 Å². The van der Waals surface area contributed by atoms with Crippen molar-refractivity contribution in [2.75, 3.05) is 7.11 Å². The summed E-state index contributed by atoms with van der Waals surface area (Å²) in [5, 5.41) is 11.0. The zero-order valence-corrected chi connectivity index (χ0v) is 12.4. The molecule has 19 heavy (non-hydrogen) atoms. The van der Waals surface area contributed by atoms with E-state index in [1.165, 1.54) is 7.11 Å². The molecule has 108 valence electrons. The van der Waals surface area contributed by atoms with E-state index in [-0.39, 0.29) is 17.3 Å². The summed E-state index contributed by atoms with van der Waals surface area (Å²) in [6.45, 7) is 7.97. The van der Waals surface area contributed by atoms with Gasteiger partial charge >= 0.3 is 5.97 Å². The molecule has 0 bridgehead atoms. The largest absolute Gasteiger partial charge is 0.469 e. The third-order valence-corrected chi connectivity index (χ3v) is 5.96. The molecule has 2 unspecified atom stereocenters. The number of methoxy groups -OCH3 is 1. The van der Waals surface area contributed by atoms with Gasteiger partial charge in [0.25, 0.3) is 0 Å². The number of aliphatic hydroxyl groups is 1. The molecular formula is C16H26O3. The average molecular weight is 266 g/mol. The molecule has 0 heterocycles. The third kappa shape index (κ3) is 1.85. The van der Waals surface area contributed by atoms with Crippen LogP contribution in [-0.4, -0.2) is 23.8 Å². The molecule has 0 aromatic rings. The quantitative estimate of drug-likeness (QED) is 0.617. The molecule has 0 aliphatic heterocycles. The van der Waals surface area contributed by atoms with E-state index in [0.29, 0.717) is 0 Å². The Balaban J connectivity index is 2.45. The van der Waals surface area contributed by atoms with E-state index in [1.54, 1.807) is 6.08 Å². The van der Waals surface area contributed by atoms with Crippen molar-refractivity contribution in [2.45, 2.75) is 58.0 Å². The zero-order valence-electron chi connectivity index (χ0n) is 12.4. The zero-order chi connectivity index (χ0) is 14.3. The molecule has 2 rings (SSSR count). The highest BCUT2D eigenvalue weighted by molar-refractivity contribution is 5.77. The van der Waals surface area contributed by atoms with Crippen LogP contribution in [-0.2, 0) is 9.53 Å². The SMILES string of the molecule is C=CC1(O)CCCC2[C@](C)(C(=O)OC)CCC[C@]21C. The van der Waals surface area contributed by atoms with E-state index >= 15 is 0 Å². The van der Waals surface area contributed by atoms with E-state index in [9.17, 15) is 9.90 Å². The number of ether oxygens (including phenoxy) is 1. The molecular weight excluding hydrogens is 240 g/mol. The minimum atomic E-state index is -0.856. The van der Waals surface area contributed by atoms with Crippen molar-refractivity contribution in [1.82, 2.24) is 0 Å². The smallest absolute Gasteiger partial charge is 0.311 e. The fraction of sp³-hybridized carbons (Fsp3) is 0.812. The lowest BCUT2D eigenvalue weighted by Crippen LogP contribution is -2.60. The number of hydrogen-bond donors (Lipinski definition) is 1. The maximum absolute atomic E-state index is 12.3. The Kier molecular flexibility index (Phi) is 3.54. The van der Waals surface area contributed by atoms with Gasteiger partial charge in [-0.2, -0.15) is 0 Å². The van der Waals surface area contributed by atoms with Crippen LogP contribution in [0, 0.1) is 16.7 Å². The van der Waals surface area contributed by atoms with Crippen LogP contribution < -0.4 is 0 Å². The number of rotatable bonds is 2. The van der Waals surface area contributed by atoms with Crippen LogP contribution in [0.2, 0.25) is 0 Å². The minimum absolute atomic E-state index is 0.128. The first-order chi connectivity index (χ1) is 8.84. The molecule has 0 spiro atoms. The Bertz CT molecular complexity index is 391. The lowest BCUT2D eigenvalue weighted by Gasteiger charge is -2.59. The molecule has 0 aromatic heterocycles. The highest BCUT2D eigenvalue weighted by Crippen LogP contribution is 2.61. The predicted molar refractivity (Wildman–Crippen MR) is 74.6 cm³/mol. The van der Waals surface area contributed by atoms with Crippen molar-refractivity contribution in [1.29, 1.82) is 0 Å². The Hall–Kier alpha value is -0.830. The summed E-state index contributed by atoms with van der Waals surface area (Å²) in [6, 6.07) is 0. The molecule has 3 nitrogen and oxygen atoms in total. The summed E-state index contributed by atoms with van der Waals surface area (Å²) in [7, 11) is 1.46. The normalized spacial score (nSPS) is 46.2. The van der Waals surface area contributed by atoms with Crippen molar-refractivity contribution < 1.29 is 14.6 Å². The van der Waals surface area contributed by atoms with Gasteiger partial charge in [-0.05, 0) is 44.9 Å². The summed E-state index contributed by atoms with van der Waals surface area (Å²) in [5.41, 5.74) is -1.60. The maximum Gasteiger partial charge on any atom is 0.311 e. The highest BCUT2D eigenvalue weighted by Gasteiger charge is 2.61. The molecule has 0 saturated heterocycles. The summed E-state index contributed by atoms with van der Waals surface area (Å²) in [6.07, 6.45) is 7.13. The second-order valence-corrected chi connectivity index (χ2v) is 6.75. The van der Waals surface area contributed by atoms with E-state index in [1.807, 2.05) is 6.92 Å². The second-order valence-electron chi connectivity index (χ2n) is 6.75. The summed E-state index contributed by atoms with van der Waals surface area (Å²) < 4.78 is 5.04. The number of fused-ring (bicyclic) bond motifs is 1. The lowest BCUT2D eigenvalue weighted by molar-refractivity contribution is -0.187. The van der Waals surface area contributed by atoms with Crippen LogP contribution in [0.25, 0.3) is 0 Å². The Morgan fingerprint density at radius 3 is 2.58 bits per heavy atom. The van der Waals surface area contributed by atoms with Crippen LogP contribution in [0.15, 0.2) is 12.7 Å². The average Bonchev–Trinajstić information content (AvgIpc) is 2.40. The molecule has 2 aliphatic carbocycles. The third-order valence-electron chi connectivity index (χ3n) is 5.96.